The lowest BCUT2D eigenvalue weighted by Crippen LogP contribution is -1.79. The number of benzene rings is 1. The first-order valence-electron chi connectivity index (χ1n) is 6.60. The highest BCUT2D eigenvalue weighted by Gasteiger charge is 1.96. The van der Waals surface area contributed by atoms with E-state index >= 15 is 0 Å². The molecule has 0 unspecified atom stereocenters. The Hall–Kier alpha value is -1.11. The third-order valence-corrected chi connectivity index (χ3v) is 1.72. The third-order valence-electron chi connectivity index (χ3n) is 1.72. The minimum atomic E-state index is -0.115. The molecule has 0 spiro atoms. The Morgan fingerprint density at radius 2 is 1.12 bits per heavy atom. The van der Waals surface area contributed by atoms with Crippen LogP contribution in [0.1, 0.15) is 61.0 Å². The van der Waals surface area contributed by atoms with Crippen LogP contribution in [0, 0.1) is 0 Å². The normalized spacial score (nSPS) is 9.24. The van der Waals surface area contributed by atoms with E-state index in [0.29, 0.717) is 5.57 Å². The average Bonchev–Trinajstić information content (AvgIpc) is 2.45. The highest BCUT2D eigenvalue weighted by Crippen LogP contribution is 2.17. The molecule has 0 fully saturated rings. The molecule has 0 bridgehead atoms. The Bertz CT molecular complexity index is 256. The van der Waals surface area contributed by atoms with Gasteiger partial charge in [0.2, 0.25) is 0 Å². The van der Waals surface area contributed by atoms with Gasteiger partial charge in [0.25, 0.3) is 0 Å². The lowest BCUT2D eigenvalue weighted by atomic mass is 10.1. The molecule has 1 aromatic carbocycles. The maximum Gasteiger partial charge on any atom is 0.100 e. The molecule has 0 aliphatic rings. The maximum absolute atomic E-state index is 12.7. The zero-order valence-corrected chi connectivity index (χ0v) is 12.8. The van der Waals surface area contributed by atoms with E-state index in [1.807, 2.05) is 71.9 Å². The molecular formula is C16H29F. The molecule has 0 saturated carbocycles. The van der Waals surface area contributed by atoms with Crippen LogP contribution in [0.5, 0.6) is 0 Å². The van der Waals surface area contributed by atoms with Crippen molar-refractivity contribution in [1.82, 2.24) is 0 Å². The summed E-state index contributed by atoms with van der Waals surface area (Å²) in [6.07, 6.45) is 0. The number of allylic oxidation sites excluding steroid dienone is 2. The first-order chi connectivity index (χ1) is 8.22. The molecule has 17 heavy (non-hydrogen) atoms. The van der Waals surface area contributed by atoms with Crippen molar-refractivity contribution in [2.75, 3.05) is 0 Å². The first-order valence-corrected chi connectivity index (χ1v) is 6.60. The minimum absolute atomic E-state index is 0.115. The van der Waals surface area contributed by atoms with Crippen LogP contribution in [-0.4, -0.2) is 0 Å². The molecule has 0 aromatic heterocycles. The lowest BCUT2D eigenvalue weighted by Gasteiger charge is -1.99. The number of halogens is 1. The van der Waals surface area contributed by atoms with Crippen molar-refractivity contribution in [2.24, 2.45) is 0 Å². The molecule has 0 nitrogen and oxygen atoms in total. The van der Waals surface area contributed by atoms with Crippen LogP contribution < -0.4 is 0 Å². The van der Waals surface area contributed by atoms with E-state index in [1.165, 1.54) is 6.92 Å². The van der Waals surface area contributed by atoms with Gasteiger partial charge in [-0.05, 0) is 25.0 Å². The van der Waals surface area contributed by atoms with Crippen LogP contribution in [0.3, 0.4) is 0 Å². The monoisotopic (exact) mass is 240 g/mol. The second kappa shape index (κ2) is 17.3. The van der Waals surface area contributed by atoms with Gasteiger partial charge in [-0.1, -0.05) is 71.9 Å². The molecule has 0 aliphatic heterocycles. The fourth-order valence-corrected chi connectivity index (χ4v) is 0.887. The van der Waals surface area contributed by atoms with Crippen LogP contribution in [0.15, 0.2) is 36.2 Å². The molecule has 0 N–H and O–H groups in total. The van der Waals surface area contributed by atoms with Crippen molar-refractivity contribution in [3.63, 3.8) is 0 Å². The van der Waals surface area contributed by atoms with Crippen LogP contribution in [0.2, 0.25) is 0 Å². The molecule has 1 rings (SSSR count). The number of rotatable bonds is 1. The number of hydrogen-bond acceptors (Lipinski definition) is 0. The molecular weight excluding hydrogens is 211 g/mol. The van der Waals surface area contributed by atoms with Gasteiger partial charge in [-0.3, -0.25) is 0 Å². The summed E-state index contributed by atoms with van der Waals surface area (Å²) in [7, 11) is 0. The molecule has 1 heteroatoms. The van der Waals surface area contributed by atoms with Crippen LogP contribution in [0.25, 0.3) is 5.57 Å². The van der Waals surface area contributed by atoms with Gasteiger partial charge in [0.15, 0.2) is 0 Å². The van der Waals surface area contributed by atoms with Gasteiger partial charge in [-0.2, -0.15) is 0 Å². The Labute approximate surface area is 108 Å². The van der Waals surface area contributed by atoms with Crippen molar-refractivity contribution in [2.45, 2.75) is 55.4 Å². The van der Waals surface area contributed by atoms with Gasteiger partial charge in [-0.15, -0.1) is 0 Å². The van der Waals surface area contributed by atoms with Crippen molar-refractivity contribution < 1.29 is 4.39 Å². The topological polar surface area (TPSA) is 0 Å². The van der Waals surface area contributed by atoms with Gasteiger partial charge in [0, 0.05) is 0 Å². The van der Waals surface area contributed by atoms with Crippen molar-refractivity contribution in [1.29, 1.82) is 0 Å². The van der Waals surface area contributed by atoms with Gasteiger partial charge in [0.05, 0.1) is 0 Å². The fraction of sp³-hybridized carbons (Fsp3) is 0.500. The Balaban J connectivity index is -0.000000285. The van der Waals surface area contributed by atoms with Crippen LogP contribution in [0.4, 0.5) is 4.39 Å². The zero-order chi connectivity index (χ0) is 14.3. The fourth-order valence-electron chi connectivity index (χ4n) is 0.887. The van der Waals surface area contributed by atoms with Crippen molar-refractivity contribution >= 4 is 5.57 Å². The molecule has 0 amide bonds. The molecule has 0 aliphatic carbocycles. The number of hydrogen-bond donors (Lipinski definition) is 0. The maximum atomic E-state index is 12.7. The smallest absolute Gasteiger partial charge is 0.100 e. The van der Waals surface area contributed by atoms with Crippen molar-refractivity contribution in [3.05, 3.63) is 41.7 Å². The average molecular weight is 240 g/mol. The zero-order valence-electron chi connectivity index (χ0n) is 12.8. The molecule has 0 heterocycles. The summed E-state index contributed by atoms with van der Waals surface area (Å²) >= 11 is 0. The highest BCUT2D eigenvalue weighted by atomic mass is 19.1. The van der Waals surface area contributed by atoms with E-state index in [9.17, 15) is 4.39 Å². The van der Waals surface area contributed by atoms with E-state index in [-0.39, 0.29) is 5.83 Å². The predicted octanol–water partition coefficient (Wildman–Crippen LogP) is 6.49. The van der Waals surface area contributed by atoms with E-state index in [4.69, 9.17) is 0 Å². The van der Waals surface area contributed by atoms with E-state index < -0.39 is 0 Å². The van der Waals surface area contributed by atoms with Crippen LogP contribution >= 0.6 is 0 Å². The largest absolute Gasteiger partial charge is 0.212 e. The standard InChI is InChI=1S/C10H11F.3C2H6/c1-8(9(2)11)10-6-4-3-5-7-10;3*1-2/h3-7H,1-2H3;3*1-2H3. The minimum Gasteiger partial charge on any atom is -0.212 e. The summed E-state index contributed by atoms with van der Waals surface area (Å²) in [6.45, 7) is 15.3. The Kier molecular flexibility index (Phi) is 21.6. The van der Waals surface area contributed by atoms with Gasteiger partial charge in [0.1, 0.15) is 5.83 Å². The summed E-state index contributed by atoms with van der Waals surface area (Å²) in [5.41, 5.74) is 1.66. The second-order valence-electron chi connectivity index (χ2n) is 2.52. The Morgan fingerprint density at radius 3 is 1.41 bits per heavy atom. The molecule has 0 atom stereocenters. The van der Waals surface area contributed by atoms with E-state index in [1.54, 1.807) is 6.92 Å². The first kappa shape index (κ1) is 21.2. The SMILES string of the molecule is CC.CC.CC.CC(F)=C(C)c1ccccc1. The third kappa shape index (κ3) is 11.2. The van der Waals surface area contributed by atoms with Gasteiger partial charge in [-0.25, -0.2) is 4.39 Å². The van der Waals surface area contributed by atoms with Crippen molar-refractivity contribution in [3.8, 4) is 0 Å². The summed E-state index contributed by atoms with van der Waals surface area (Å²) in [6, 6.07) is 9.53. The second-order valence-corrected chi connectivity index (χ2v) is 2.52. The van der Waals surface area contributed by atoms with E-state index in [2.05, 4.69) is 0 Å². The highest BCUT2D eigenvalue weighted by molar-refractivity contribution is 5.64. The molecule has 0 saturated heterocycles. The molecule has 1 aromatic rings. The molecule has 0 radical (unpaired) electrons. The summed E-state index contributed by atoms with van der Waals surface area (Å²) in [5.74, 6) is -0.115. The summed E-state index contributed by atoms with van der Waals surface area (Å²) in [5, 5.41) is 0. The predicted molar refractivity (Wildman–Crippen MR) is 79.9 cm³/mol. The quantitative estimate of drug-likeness (QED) is 0.526. The molecule has 100 valence electrons. The summed E-state index contributed by atoms with van der Waals surface area (Å²) in [4.78, 5) is 0. The van der Waals surface area contributed by atoms with Gasteiger partial charge < -0.3 is 0 Å². The Morgan fingerprint density at radius 1 is 0.765 bits per heavy atom. The summed E-state index contributed by atoms with van der Waals surface area (Å²) < 4.78 is 12.7. The van der Waals surface area contributed by atoms with Gasteiger partial charge >= 0.3 is 0 Å². The van der Waals surface area contributed by atoms with Crippen LogP contribution in [-0.2, 0) is 0 Å². The lowest BCUT2D eigenvalue weighted by molar-refractivity contribution is 0.643. The van der Waals surface area contributed by atoms with E-state index in [0.717, 1.165) is 5.56 Å².